The molecule has 5 nitrogen and oxygen atoms in total. The van der Waals surface area contributed by atoms with Crippen molar-refractivity contribution in [1.82, 2.24) is 10.2 Å². The lowest BCUT2D eigenvalue weighted by molar-refractivity contribution is 0.479. The Morgan fingerprint density at radius 3 is 2.70 bits per heavy atom. The Kier molecular flexibility index (Phi) is 4.63. The summed E-state index contributed by atoms with van der Waals surface area (Å²) < 4.78 is 0. The van der Waals surface area contributed by atoms with Crippen molar-refractivity contribution < 1.29 is 0 Å². The number of rotatable bonds is 3. The fourth-order valence-electron chi connectivity index (χ4n) is 2.97. The molecule has 0 atom stereocenters. The molecule has 0 radical (unpaired) electrons. The summed E-state index contributed by atoms with van der Waals surface area (Å²) in [6.07, 6.45) is 3.78. The Bertz CT molecular complexity index is 705. The van der Waals surface area contributed by atoms with Crippen LogP contribution in [0.3, 0.4) is 0 Å². The number of hydrogen-bond acceptors (Lipinski definition) is 5. The lowest BCUT2D eigenvalue weighted by atomic mass is 10.0. The van der Waals surface area contributed by atoms with Gasteiger partial charge in [-0.25, -0.2) is 0 Å². The van der Waals surface area contributed by atoms with Crippen LogP contribution in [0, 0.1) is 11.3 Å². The molecule has 6 heteroatoms. The van der Waals surface area contributed by atoms with Gasteiger partial charge in [-0.15, -0.1) is 5.10 Å². The standard InChI is InChI=1S/C17H18ClN5/c1-22(17-3-2-8-20-21-17)14-6-9-23(10-7-14)15-5-4-13(12-19)16(18)11-15/h2-5,8,11,14H,6-7,9-10H2,1H3. The average molecular weight is 328 g/mol. The molecule has 2 heterocycles. The van der Waals surface area contributed by atoms with Gasteiger partial charge in [0.05, 0.1) is 10.6 Å². The number of piperidine rings is 1. The van der Waals surface area contributed by atoms with Gasteiger partial charge in [0, 0.05) is 38.1 Å². The highest BCUT2D eigenvalue weighted by atomic mass is 35.5. The Morgan fingerprint density at radius 1 is 1.30 bits per heavy atom. The molecule has 0 amide bonds. The Morgan fingerprint density at radius 2 is 2.09 bits per heavy atom. The maximum atomic E-state index is 8.96. The first-order chi connectivity index (χ1) is 11.2. The van der Waals surface area contributed by atoms with Gasteiger partial charge in [-0.2, -0.15) is 10.4 Å². The van der Waals surface area contributed by atoms with Crippen LogP contribution in [0.25, 0.3) is 0 Å². The molecule has 0 N–H and O–H groups in total. The number of hydrogen-bond donors (Lipinski definition) is 0. The maximum absolute atomic E-state index is 8.96. The van der Waals surface area contributed by atoms with Gasteiger partial charge in [-0.1, -0.05) is 11.6 Å². The summed E-state index contributed by atoms with van der Waals surface area (Å²) in [6, 6.07) is 12.1. The van der Waals surface area contributed by atoms with E-state index in [-0.39, 0.29) is 0 Å². The summed E-state index contributed by atoms with van der Waals surface area (Å²) >= 11 is 6.14. The molecule has 0 bridgehead atoms. The first-order valence-corrected chi connectivity index (χ1v) is 8.02. The Labute approximate surface area is 141 Å². The van der Waals surface area contributed by atoms with Gasteiger partial charge in [0.15, 0.2) is 5.82 Å². The topological polar surface area (TPSA) is 56.1 Å². The number of nitriles is 1. The number of benzene rings is 1. The van der Waals surface area contributed by atoms with E-state index in [1.165, 1.54) is 0 Å². The minimum atomic E-state index is 0.455. The van der Waals surface area contributed by atoms with E-state index in [0.717, 1.165) is 37.4 Å². The minimum absolute atomic E-state index is 0.455. The van der Waals surface area contributed by atoms with Crippen LogP contribution in [0.4, 0.5) is 11.5 Å². The smallest absolute Gasteiger partial charge is 0.151 e. The molecule has 118 valence electrons. The van der Waals surface area contributed by atoms with Crippen molar-refractivity contribution in [3.63, 3.8) is 0 Å². The zero-order chi connectivity index (χ0) is 16.2. The molecule has 1 aliphatic heterocycles. The molecular formula is C17H18ClN5. The second kappa shape index (κ2) is 6.84. The Balaban J connectivity index is 1.64. The van der Waals surface area contributed by atoms with Gasteiger partial charge in [-0.05, 0) is 43.2 Å². The lowest BCUT2D eigenvalue weighted by Gasteiger charge is -2.38. The lowest BCUT2D eigenvalue weighted by Crippen LogP contribution is -2.43. The van der Waals surface area contributed by atoms with Gasteiger partial charge >= 0.3 is 0 Å². The molecule has 0 aliphatic carbocycles. The van der Waals surface area contributed by atoms with Gasteiger partial charge < -0.3 is 9.80 Å². The van der Waals surface area contributed by atoms with Crippen molar-refractivity contribution in [2.45, 2.75) is 18.9 Å². The predicted octanol–water partition coefficient (Wildman–Crippen LogP) is 3.11. The molecule has 23 heavy (non-hydrogen) atoms. The van der Waals surface area contributed by atoms with E-state index < -0.39 is 0 Å². The summed E-state index contributed by atoms with van der Waals surface area (Å²) in [5.74, 6) is 0.910. The van der Waals surface area contributed by atoms with Gasteiger partial charge in [0.2, 0.25) is 0 Å². The maximum Gasteiger partial charge on any atom is 0.151 e. The van der Waals surface area contributed by atoms with Crippen molar-refractivity contribution in [3.8, 4) is 6.07 Å². The van der Waals surface area contributed by atoms with E-state index in [4.69, 9.17) is 16.9 Å². The van der Waals surface area contributed by atoms with Crippen LogP contribution in [0.1, 0.15) is 18.4 Å². The fraction of sp³-hybridized carbons (Fsp3) is 0.353. The Hall–Kier alpha value is -2.32. The van der Waals surface area contributed by atoms with Crippen molar-refractivity contribution in [3.05, 3.63) is 47.1 Å². The van der Waals surface area contributed by atoms with Crippen molar-refractivity contribution >= 4 is 23.1 Å². The number of nitrogens with zero attached hydrogens (tertiary/aromatic N) is 5. The summed E-state index contributed by atoms with van der Waals surface area (Å²) in [7, 11) is 2.07. The van der Waals surface area contributed by atoms with E-state index in [9.17, 15) is 0 Å². The van der Waals surface area contributed by atoms with E-state index >= 15 is 0 Å². The first-order valence-electron chi connectivity index (χ1n) is 7.64. The third kappa shape index (κ3) is 3.38. The van der Waals surface area contributed by atoms with E-state index in [0.29, 0.717) is 16.6 Å². The average Bonchev–Trinajstić information content (AvgIpc) is 2.62. The van der Waals surface area contributed by atoms with Crippen LogP contribution in [-0.4, -0.2) is 36.4 Å². The molecular weight excluding hydrogens is 310 g/mol. The monoisotopic (exact) mass is 327 g/mol. The third-order valence-electron chi connectivity index (χ3n) is 4.37. The van der Waals surface area contributed by atoms with Crippen LogP contribution in [0.15, 0.2) is 36.5 Å². The van der Waals surface area contributed by atoms with Crippen LogP contribution in [0.2, 0.25) is 5.02 Å². The second-order valence-corrected chi connectivity index (χ2v) is 6.09. The summed E-state index contributed by atoms with van der Waals surface area (Å²) in [5, 5.41) is 17.6. The van der Waals surface area contributed by atoms with Crippen LogP contribution >= 0.6 is 11.6 Å². The highest BCUT2D eigenvalue weighted by molar-refractivity contribution is 6.32. The minimum Gasteiger partial charge on any atom is -0.371 e. The zero-order valence-electron chi connectivity index (χ0n) is 13.0. The third-order valence-corrected chi connectivity index (χ3v) is 4.68. The molecule has 1 fully saturated rings. The summed E-state index contributed by atoms with van der Waals surface area (Å²) in [6.45, 7) is 1.91. The predicted molar refractivity (Wildman–Crippen MR) is 91.8 cm³/mol. The highest BCUT2D eigenvalue weighted by Gasteiger charge is 2.23. The number of anilines is 2. The van der Waals surface area contributed by atoms with Gasteiger partial charge in [0.1, 0.15) is 6.07 Å². The van der Waals surface area contributed by atoms with Crippen molar-refractivity contribution in [1.29, 1.82) is 5.26 Å². The quantitative estimate of drug-likeness (QED) is 0.867. The fourth-order valence-corrected chi connectivity index (χ4v) is 3.19. The number of aromatic nitrogens is 2. The SMILES string of the molecule is CN(c1cccnn1)C1CCN(c2ccc(C#N)c(Cl)c2)CC1. The summed E-state index contributed by atoms with van der Waals surface area (Å²) in [4.78, 5) is 4.52. The summed E-state index contributed by atoms with van der Waals surface area (Å²) in [5.41, 5.74) is 1.60. The molecule has 0 spiro atoms. The second-order valence-electron chi connectivity index (χ2n) is 5.69. The highest BCUT2D eigenvalue weighted by Crippen LogP contribution is 2.27. The number of halogens is 1. The zero-order valence-corrected chi connectivity index (χ0v) is 13.7. The van der Waals surface area contributed by atoms with Crippen LogP contribution < -0.4 is 9.80 Å². The van der Waals surface area contributed by atoms with E-state index in [2.05, 4.69) is 33.1 Å². The van der Waals surface area contributed by atoms with Gasteiger partial charge in [0.25, 0.3) is 0 Å². The molecule has 1 aliphatic rings. The molecule has 2 aromatic rings. The normalized spacial score (nSPS) is 15.3. The van der Waals surface area contributed by atoms with Crippen LogP contribution in [0.5, 0.6) is 0 Å². The largest absolute Gasteiger partial charge is 0.371 e. The van der Waals surface area contributed by atoms with E-state index in [1.807, 2.05) is 24.3 Å². The molecule has 1 aromatic heterocycles. The van der Waals surface area contributed by atoms with E-state index in [1.54, 1.807) is 12.3 Å². The van der Waals surface area contributed by atoms with Crippen molar-refractivity contribution in [2.24, 2.45) is 0 Å². The molecule has 0 unspecified atom stereocenters. The molecule has 1 saturated heterocycles. The van der Waals surface area contributed by atoms with Gasteiger partial charge in [-0.3, -0.25) is 0 Å². The molecule has 3 rings (SSSR count). The van der Waals surface area contributed by atoms with Crippen LogP contribution in [-0.2, 0) is 0 Å². The first kappa shape index (κ1) is 15.6. The molecule has 0 saturated carbocycles. The molecule has 1 aromatic carbocycles. The van der Waals surface area contributed by atoms with Crippen molar-refractivity contribution in [2.75, 3.05) is 29.9 Å².